The highest BCUT2D eigenvalue weighted by molar-refractivity contribution is 7.98. The van der Waals surface area contributed by atoms with Crippen molar-refractivity contribution in [1.29, 1.82) is 0 Å². The normalized spacial score (nSPS) is 33.8. The molecule has 1 aliphatic carbocycles. The number of hydrogen-bond donors (Lipinski definition) is 1. The largest absolute Gasteiger partial charge is 0.396 e. The summed E-state index contributed by atoms with van der Waals surface area (Å²) in [5.41, 5.74) is 0.674. The van der Waals surface area contributed by atoms with E-state index in [0.717, 1.165) is 0 Å². The third kappa shape index (κ3) is 1.57. The molecule has 0 aromatic heterocycles. The highest BCUT2D eigenvalue weighted by Crippen LogP contribution is 2.65. The van der Waals surface area contributed by atoms with Gasteiger partial charge in [0.15, 0.2) is 0 Å². The molecule has 0 aromatic rings. The predicted octanol–water partition coefficient (Wildman–Crippen LogP) is 2.15. The van der Waals surface area contributed by atoms with Gasteiger partial charge in [0, 0.05) is 6.61 Å². The fourth-order valence-corrected chi connectivity index (χ4v) is 2.47. The van der Waals surface area contributed by atoms with E-state index in [4.69, 9.17) is 0 Å². The second kappa shape index (κ2) is 2.98. The van der Waals surface area contributed by atoms with Gasteiger partial charge in [0.05, 0.1) is 0 Å². The zero-order valence-corrected chi connectivity index (χ0v) is 8.50. The van der Waals surface area contributed by atoms with Crippen LogP contribution in [0.4, 0.5) is 0 Å². The first kappa shape index (κ1) is 9.40. The van der Waals surface area contributed by atoms with Crippen LogP contribution in [0.5, 0.6) is 0 Å². The van der Waals surface area contributed by atoms with Crippen molar-refractivity contribution in [3.63, 3.8) is 0 Å². The summed E-state index contributed by atoms with van der Waals surface area (Å²) in [6, 6.07) is 0. The van der Waals surface area contributed by atoms with Gasteiger partial charge in [-0.05, 0) is 35.7 Å². The molecular formula is C9H18OS. The lowest BCUT2D eigenvalue weighted by molar-refractivity contribution is 0.177. The molecule has 0 bridgehead atoms. The van der Waals surface area contributed by atoms with Gasteiger partial charge in [0.1, 0.15) is 0 Å². The van der Waals surface area contributed by atoms with Gasteiger partial charge in [0.2, 0.25) is 0 Å². The Bertz CT molecular complexity index is 144. The predicted molar refractivity (Wildman–Crippen MR) is 50.9 cm³/mol. The third-order valence-electron chi connectivity index (χ3n) is 3.18. The van der Waals surface area contributed by atoms with E-state index in [1.165, 1.54) is 18.6 Å². The molecule has 1 atom stereocenters. The lowest BCUT2D eigenvalue weighted by Crippen LogP contribution is -2.14. The van der Waals surface area contributed by atoms with Crippen LogP contribution in [0.2, 0.25) is 0 Å². The average molecular weight is 174 g/mol. The van der Waals surface area contributed by atoms with Crippen molar-refractivity contribution in [1.82, 2.24) is 0 Å². The molecule has 0 radical (unpaired) electrons. The topological polar surface area (TPSA) is 20.2 Å². The van der Waals surface area contributed by atoms with Crippen LogP contribution in [-0.4, -0.2) is 23.7 Å². The molecule has 0 spiro atoms. The monoisotopic (exact) mass is 174 g/mol. The fraction of sp³-hybridized carbons (Fsp3) is 1.00. The average Bonchev–Trinajstić information content (AvgIpc) is 2.50. The standard InChI is InChI=1S/C9H18OS/c1-8(2)6-9(8,7-10)4-5-11-3/h10H,4-7H2,1-3H3. The Hall–Kier alpha value is 0.310. The van der Waals surface area contributed by atoms with Crippen molar-refractivity contribution >= 4 is 11.8 Å². The molecule has 1 unspecified atom stereocenters. The summed E-state index contributed by atoms with van der Waals surface area (Å²) in [7, 11) is 0. The maximum Gasteiger partial charge on any atom is 0.0493 e. The lowest BCUT2D eigenvalue weighted by Gasteiger charge is -2.16. The highest BCUT2D eigenvalue weighted by Gasteiger charge is 2.59. The van der Waals surface area contributed by atoms with E-state index in [1.54, 1.807) is 0 Å². The zero-order valence-electron chi connectivity index (χ0n) is 7.68. The molecule has 1 fully saturated rings. The molecule has 1 aliphatic rings. The number of aliphatic hydroxyl groups is 1. The van der Waals surface area contributed by atoms with E-state index in [1.807, 2.05) is 11.8 Å². The van der Waals surface area contributed by atoms with Crippen LogP contribution in [0.1, 0.15) is 26.7 Å². The van der Waals surface area contributed by atoms with Gasteiger partial charge in [-0.1, -0.05) is 13.8 Å². The van der Waals surface area contributed by atoms with E-state index in [9.17, 15) is 5.11 Å². The van der Waals surface area contributed by atoms with E-state index in [0.29, 0.717) is 12.0 Å². The van der Waals surface area contributed by atoms with Crippen molar-refractivity contribution in [3.05, 3.63) is 0 Å². The van der Waals surface area contributed by atoms with Crippen LogP contribution in [0.3, 0.4) is 0 Å². The maximum absolute atomic E-state index is 9.21. The second-order valence-corrected chi connectivity index (χ2v) is 5.23. The van der Waals surface area contributed by atoms with Crippen LogP contribution in [0.15, 0.2) is 0 Å². The van der Waals surface area contributed by atoms with E-state index in [2.05, 4.69) is 20.1 Å². The molecule has 1 nitrogen and oxygen atoms in total. The Morgan fingerprint density at radius 1 is 1.45 bits per heavy atom. The first-order valence-electron chi connectivity index (χ1n) is 4.18. The number of rotatable bonds is 4. The summed E-state index contributed by atoms with van der Waals surface area (Å²) in [5.74, 6) is 1.18. The maximum atomic E-state index is 9.21. The molecule has 11 heavy (non-hydrogen) atoms. The van der Waals surface area contributed by atoms with Crippen LogP contribution < -0.4 is 0 Å². The van der Waals surface area contributed by atoms with Gasteiger partial charge in [-0.25, -0.2) is 0 Å². The molecule has 2 heteroatoms. The zero-order chi connectivity index (χ0) is 8.54. The summed E-state index contributed by atoms with van der Waals surface area (Å²) in [4.78, 5) is 0. The minimum absolute atomic E-state index is 0.274. The molecule has 0 heterocycles. The molecule has 0 saturated heterocycles. The second-order valence-electron chi connectivity index (χ2n) is 4.24. The molecular weight excluding hydrogens is 156 g/mol. The first-order chi connectivity index (χ1) is 5.08. The van der Waals surface area contributed by atoms with E-state index in [-0.39, 0.29) is 5.41 Å². The van der Waals surface area contributed by atoms with Crippen molar-refractivity contribution < 1.29 is 5.11 Å². The van der Waals surface area contributed by atoms with Crippen molar-refractivity contribution in [2.45, 2.75) is 26.7 Å². The number of hydrogen-bond acceptors (Lipinski definition) is 2. The minimum Gasteiger partial charge on any atom is -0.396 e. The van der Waals surface area contributed by atoms with Gasteiger partial charge >= 0.3 is 0 Å². The molecule has 1 saturated carbocycles. The highest BCUT2D eigenvalue weighted by atomic mass is 32.2. The third-order valence-corrected chi connectivity index (χ3v) is 3.79. The SMILES string of the molecule is CSCCC1(CO)CC1(C)C. The Kier molecular flexibility index (Phi) is 2.55. The quantitative estimate of drug-likeness (QED) is 0.704. The van der Waals surface area contributed by atoms with E-state index >= 15 is 0 Å². The Labute approximate surface area is 73.6 Å². The molecule has 0 aliphatic heterocycles. The van der Waals surface area contributed by atoms with Gasteiger partial charge in [-0.2, -0.15) is 11.8 Å². The molecule has 1 rings (SSSR count). The molecule has 66 valence electrons. The molecule has 1 N–H and O–H groups in total. The summed E-state index contributed by atoms with van der Waals surface area (Å²) in [6.45, 7) is 4.88. The van der Waals surface area contributed by atoms with Gasteiger partial charge in [-0.15, -0.1) is 0 Å². The van der Waals surface area contributed by atoms with E-state index < -0.39 is 0 Å². The molecule has 0 aromatic carbocycles. The van der Waals surface area contributed by atoms with Crippen LogP contribution in [0, 0.1) is 10.8 Å². The minimum atomic E-state index is 0.274. The summed E-state index contributed by atoms with van der Waals surface area (Å²) < 4.78 is 0. The summed E-state index contributed by atoms with van der Waals surface area (Å²) >= 11 is 1.87. The molecule has 0 amide bonds. The summed E-state index contributed by atoms with van der Waals surface area (Å²) in [5, 5.41) is 9.21. The van der Waals surface area contributed by atoms with Crippen molar-refractivity contribution in [2.24, 2.45) is 10.8 Å². The van der Waals surface area contributed by atoms with Gasteiger partial charge in [-0.3, -0.25) is 0 Å². The van der Waals surface area contributed by atoms with Crippen LogP contribution in [0.25, 0.3) is 0 Å². The van der Waals surface area contributed by atoms with Gasteiger partial charge in [0.25, 0.3) is 0 Å². The number of aliphatic hydroxyl groups excluding tert-OH is 1. The Morgan fingerprint density at radius 3 is 2.27 bits per heavy atom. The number of thioether (sulfide) groups is 1. The summed E-state index contributed by atoms with van der Waals surface area (Å²) in [6.07, 6.45) is 4.51. The fourth-order valence-electron chi connectivity index (χ4n) is 1.87. The van der Waals surface area contributed by atoms with Crippen molar-refractivity contribution in [3.8, 4) is 0 Å². The smallest absolute Gasteiger partial charge is 0.0493 e. The van der Waals surface area contributed by atoms with Crippen molar-refractivity contribution in [2.75, 3.05) is 18.6 Å². The lowest BCUT2D eigenvalue weighted by atomic mass is 9.94. The Morgan fingerprint density at radius 2 is 2.00 bits per heavy atom. The van der Waals surface area contributed by atoms with Crippen LogP contribution >= 0.6 is 11.8 Å². The van der Waals surface area contributed by atoms with Crippen LogP contribution in [-0.2, 0) is 0 Å². The van der Waals surface area contributed by atoms with Gasteiger partial charge < -0.3 is 5.11 Å². The Balaban J connectivity index is 2.40. The first-order valence-corrected chi connectivity index (χ1v) is 5.57.